The third-order valence-corrected chi connectivity index (χ3v) is 6.49. The number of thiophene rings is 1. The van der Waals surface area contributed by atoms with E-state index in [1.54, 1.807) is 25.6 Å². The van der Waals surface area contributed by atoms with Crippen molar-refractivity contribution in [3.63, 3.8) is 0 Å². The molecule has 168 valence electrons. The summed E-state index contributed by atoms with van der Waals surface area (Å²) >= 11 is 1.70. The molecule has 6 nitrogen and oxygen atoms in total. The van der Waals surface area contributed by atoms with E-state index in [0.717, 1.165) is 30.0 Å². The first-order valence-electron chi connectivity index (χ1n) is 10.7. The molecule has 0 bridgehead atoms. The minimum atomic E-state index is -0.00727. The van der Waals surface area contributed by atoms with Crippen LogP contribution in [0, 0.1) is 0 Å². The smallest absolute Gasteiger partial charge is 0.234 e. The third-order valence-electron chi connectivity index (χ3n) is 5.57. The zero-order valence-corrected chi connectivity index (χ0v) is 19.2. The first-order chi connectivity index (χ1) is 15.7. The summed E-state index contributed by atoms with van der Waals surface area (Å²) in [6.07, 6.45) is 0.849. The van der Waals surface area contributed by atoms with Crippen LogP contribution in [0.25, 0.3) is 0 Å². The topological polar surface area (TPSA) is 60.0 Å². The van der Waals surface area contributed by atoms with Gasteiger partial charge in [0.1, 0.15) is 12.4 Å². The average molecular weight is 453 g/mol. The van der Waals surface area contributed by atoms with Crippen LogP contribution in [0.1, 0.15) is 22.0 Å². The van der Waals surface area contributed by atoms with Crippen LogP contribution in [0.4, 0.5) is 0 Å². The van der Waals surface area contributed by atoms with E-state index in [1.165, 1.54) is 10.4 Å². The van der Waals surface area contributed by atoms with Crippen molar-refractivity contribution in [1.29, 1.82) is 0 Å². The van der Waals surface area contributed by atoms with Crippen molar-refractivity contribution in [2.24, 2.45) is 0 Å². The van der Waals surface area contributed by atoms with Crippen LogP contribution in [-0.4, -0.2) is 51.3 Å². The number of carbonyl (C=O) groups is 1. The van der Waals surface area contributed by atoms with Crippen LogP contribution >= 0.6 is 11.3 Å². The summed E-state index contributed by atoms with van der Waals surface area (Å²) in [5, 5.41) is 5.06. The summed E-state index contributed by atoms with van der Waals surface area (Å²) in [7, 11) is 3.30. The highest BCUT2D eigenvalue weighted by Gasteiger charge is 2.32. The lowest BCUT2D eigenvalue weighted by Gasteiger charge is -2.37. The molecule has 4 rings (SSSR count). The maximum Gasteiger partial charge on any atom is 0.234 e. The normalized spacial score (nSPS) is 15.6. The predicted molar refractivity (Wildman–Crippen MR) is 126 cm³/mol. The number of carbonyl (C=O) groups excluding carboxylic acids is 1. The van der Waals surface area contributed by atoms with Crippen LogP contribution < -0.4 is 19.5 Å². The first kappa shape index (κ1) is 22.2. The summed E-state index contributed by atoms with van der Waals surface area (Å²) in [4.78, 5) is 16.2. The highest BCUT2D eigenvalue weighted by Crippen LogP contribution is 2.41. The monoisotopic (exact) mass is 452 g/mol. The molecule has 1 aliphatic heterocycles. The fourth-order valence-corrected chi connectivity index (χ4v) is 4.94. The summed E-state index contributed by atoms with van der Waals surface area (Å²) in [5.41, 5.74) is 2.39. The first-order valence-corrected chi connectivity index (χ1v) is 11.5. The highest BCUT2D eigenvalue weighted by atomic mass is 32.1. The molecule has 2 heterocycles. The fourth-order valence-electron chi connectivity index (χ4n) is 4.06. The average Bonchev–Trinajstić information content (AvgIpc) is 3.36. The second-order valence-corrected chi connectivity index (χ2v) is 8.54. The minimum absolute atomic E-state index is 0.00451. The lowest BCUT2D eigenvalue weighted by molar-refractivity contribution is -0.122. The van der Waals surface area contributed by atoms with Crippen molar-refractivity contribution in [3.8, 4) is 17.2 Å². The van der Waals surface area contributed by atoms with Gasteiger partial charge in [0.05, 0.1) is 33.4 Å². The standard InChI is InChI=1S/C25H28N2O4S/c1-29-21-15-18-10-12-27(17-24(28)26-11-13-31-19-7-4-3-5-8-19)25(23-9-6-14-32-23)20(18)16-22(21)30-2/h3-9,14-16,25H,10-13,17H2,1-2H3,(H,26,28). The van der Waals surface area contributed by atoms with Crippen LogP contribution in [0.5, 0.6) is 17.2 Å². The number of benzene rings is 2. The summed E-state index contributed by atoms with van der Waals surface area (Å²) in [5.74, 6) is 2.24. The molecule has 1 N–H and O–H groups in total. The molecule has 1 aliphatic rings. The molecular formula is C25H28N2O4S. The SMILES string of the molecule is COc1cc2c(cc1OC)C(c1cccs1)N(CC(=O)NCCOc1ccccc1)CC2. The van der Waals surface area contributed by atoms with Gasteiger partial charge in [-0.25, -0.2) is 0 Å². The molecule has 0 radical (unpaired) electrons. The second kappa shape index (κ2) is 10.5. The number of methoxy groups -OCH3 is 2. The van der Waals surface area contributed by atoms with E-state index in [4.69, 9.17) is 14.2 Å². The Hall–Kier alpha value is -3.03. The van der Waals surface area contributed by atoms with E-state index < -0.39 is 0 Å². The van der Waals surface area contributed by atoms with E-state index in [2.05, 4.69) is 33.8 Å². The molecule has 0 aliphatic carbocycles. The Balaban J connectivity index is 1.44. The Morgan fingerprint density at radius 1 is 1.09 bits per heavy atom. The largest absolute Gasteiger partial charge is 0.493 e. The van der Waals surface area contributed by atoms with E-state index in [0.29, 0.717) is 25.4 Å². The number of para-hydroxylation sites is 1. The summed E-state index contributed by atoms with van der Waals surface area (Å²) in [6, 6.07) is 17.9. The Labute approximate surface area is 192 Å². The number of ether oxygens (including phenoxy) is 3. The van der Waals surface area contributed by atoms with Gasteiger partial charge in [0.2, 0.25) is 5.91 Å². The number of hydrogen-bond donors (Lipinski definition) is 1. The van der Waals surface area contributed by atoms with Crippen molar-refractivity contribution in [1.82, 2.24) is 10.2 Å². The molecule has 0 spiro atoms. The number of fused-ring (bicyclic) bond motifs is 1. The van der Waals surface area contributed by atoms with Gasteiger partial charge in [-0.1, -0.05) is 24.3 Å². The van der Waals surface area contributed by atoms with Gasteiger partial charge in [0, 0.05) is 11.4 Å². The molecule has 1 unspecified atom stereocenters. The maximum absolute atomic E-state index is 12.7. The molecule has 1 atom stereocenters. The minimum Gasteiger partial charge on any atom is -0.493 e. The summed E-state index contributed by atoms with van der Waals surface area (Å²) in [6.45, 7) is 2.01. The van der Waals surface area contributed by atoms with Gasteiger partial charge in [0.15, 0.2) is 11.5 Å². The Morgan fingerprint density at radius 2 is 1.88 bits per heavy atom. The molecule has 32 heavy (non-hydrogen) atoms. The van der Waals surface area contributed by atoms with E-state index >= 15 is 0 Å². The van der Waals surface area contributed by atoms with E-state index in [1.807, 2.05) is 36.4 Å². The van der Waals surface area contributed by atoms with Crippen molar-refractivity contribution in [2.75, 3.05) is 40.5 Å². The van der Waals surface area contributed by atoms with Gasteiger partial charge in [-0.2, -0.15) is 0 Å². The lowest BCUT2D eigenvalue weighted by Crippen LogP contribution is -2.43. The second-order valence-electron chi connectivity index (χ2n) is 7.56. The van der Waals surface area contributed by atoms with Gasteiger partial charge < -0.3 is 19.5 Å². The maximum atomic E-state index is 12.7. The zero-order chi connectivity index (χ0) is 22.3. The zero-order valence-electron chi connectivity index (χ0n) is 18.4. The molecule has 1 aromatic heterocycles. The molecule has 7 heteroatoms. The molecule has 0 fully saturated rings. The van der Waals surface area contributed by atoms with Gasteiger partial charge in [-0.3, -0.25) is 9.69 Å². The van der Waals surface area contributed by atoms with E-state index in [9.17, 15) is 4.79 Å². The van der Waals surface area contributed by atoms with Crippen molar-refractivity contribution < 1.29 is 19.0 Å². The Morgan fingerprint density at radius 3 is 2.59 bits per heavy atom. The van der Waals surface area contributed by atoms with Gasteiger partial charge in [0.25, 0.3) is 0 Å². The van der Waals surface area contributed by atoms with Gasteiger partial charge in [-0.05, 0) is 53.3 Å². The third kappa shape index (κ3) is 5.06. The quantitative estimate of drug-likeness (QED) is 0.499. The van der Waals surface area contributed by atoms with Crippen molar-refractivity contribution in [3.05, 3.63) is 76.0 Å². The van der Waals surface area contributed by atoms with Crippen molar-refractivity contribution in [2.45, 2.75) is 12.5 Å². The molecule has 2 aromatic carbocycles. The Bertz CT molecular complexity index is 1020. The molecule has 0 saturated carbocycles. The van der Waals surface area contributed by atoms with Gasteiger partial charge >= 0.3 is 0 Å². The lowest BCUT2D eigenvalue weighted by atomic mass is 9.91. The fraction of sp³-hybridized carbons (Fsp3) is 0.320. The Kier molecular flexibility index (Phi) is 7.29. The number of hydrogen-bond acceptors (Lipinski definition) is 6. The number of nitrogens with zero attached hydrogens (tertiary/aromatic N) is 1. The van der Waals surface area contributed by atoms with Crippen LogP contribution in [0.3, 0.4) is 0 Å². The number of rotatable bonds is 9. The molecule has 0 saturated heterocycles. The predicted octanol–water partition coefficient (Wildman–Crippen LogP) is 3.91. The number of nitrogens with one attached hydrogen (secondary N) is 1. The van der Waals surface area contributed by atoms with E-state index in [-0.39, 0.29) is 11.9 Å². The van der Waals surface area contributed by atoms with Crippen LogP contribution in [0.15, 0.2) is 60.0 Å². The number of amides is 1. The van der Waals surface area contributed by atoms with Crippen LogP contribution in [-0.2, 0) is 11.2 Å². The molecular weight excluding hydrogens is 424 g/mol. The van der Waals surface area contributed by atoms with Gasteiger partial charge in [-0.15, -0.1) is 11.3 Å². The van der Waals surface area contributed by atoms with Crippen LogP contribution in [0.2, 0.25) is 0 Å². The van der Waals surface area contributed by atoms with Crippen molar-refractivity contribution >= 4 is 17.2 Å². The highest BCUT2D eigenvalue weighted by molar-refractivity contribution is 7.10. The molecule has 1 amide bonds. The summed E-state index contributed by atoms with van der Waals surface area (Å²) < 4.78 is 16.7. The molecule has 3 aromatic rings.